The van der Waals surface area contributed by atoms with Crippen molar-refractivity contribution in [2.24, 2.45) is 13.0 Å². The normalized spacial score (nSPS) is 21.1. The van der Waals surface area contributed by atoms with E-state index in [0.717, 1.165) is 29.5 Å². The SMILES string of the molecule is Cc1ccc(-c2cnn(C)c2)c(C(=O)N2CCC[C@@H](C)C2CO)c1. The Hall–Kier alpha value is -2.14. The highest BCUT2D eigenvalue weighted by atomic mass is 16.3. The summed E-state index contributed by atoms with van der Waals surface area (Å²) in [7, 11) is 1.87. The maximum absolute atomic E-state index is 13.3. The number of piperidine rings is 1. The van der Waals surface area contributed by atoms with Gasteiger partial charge in [-0.25, -0.2) is 0 Å². The van der Waals surface area contributed by atoms with Gasteiger partial charge in [0.1, 0.15) is 0 Å². The van der Waals surface area contributed by atoms with Gasteiger partial charge in [-0.3, -0.25) is 9.48 Å². The molecule has 2 atom stereocenters. The molecule has 1 unspecified atom stereocenters. The highest BCUT2D eigenvalue weighted by Crippen LogP contribution is 2.29. The lowest BCUT2D eigenvalue weighted by molar-refractivity contribution is 0.0359. The van der Waals surface area contributed by atoms with E-state index in [1.807, 2.05) is 43.3 Å². The molecule has 1 fully saturated rings. The van der Waals surface area contributed by atoms with Gasteiger partial charge in [-0.05, 0) is 37.3 Å². The minimum Gasteiger partial charge on any atom is -0.394 e. The number of hydrogen-bond acceptors (Lipinski definition) is 3. The van der Waals surface area contributed by atoms with Crippen LogP contribution in [0.4, 0.5) is 0 Å². The topological polar surface area (TPSA) is 58.4 Å². The van der Waals surface area contributed by atoms with Gasteiger partial charge in [-0.2, -0.15) is 5.10 Å². The van der Waals surface area contributed by atoms with E-state index in [0.29, 0.717) is 18.0 Å². The average Bonchev–Trinajstić information content (AvgIpc) is 3.00. The molecule has 3 rings (SSSR count). The molecule has 0 bridgehead atoms. The van der Waals surface area contributed by atoms with Crippen LogP contribution in [0, 0.1) is 12.8 Å². The molecule has 128 valence electrons. The second-order valence-electron chi connectivity index (χ2n) is 6.82. The summed E-state index contributed by atoms with van der Waals surface area (Å²) in [5, 5.41) is 14.0. The lowest BCUT2D eigenvalue weighted by Gasteiger charge is -2.39. The zero-order valence-corrected chi connectivity index (χ0v) is 14.6. The van der Waals surface area contributed by atoms with E-state index in [-0.39, 0.29) is 18.6 Å². The standard InChI is InChI=1S/C19H25N3O2/c1-13-6-7-16(15-10-20-21(3)11-15)17(9-13)19(24)22-8-4-5-14(2)18(22)12-23/h6-7,9-11,14,18,23H,4-5,8,12H2,1-3H3/t14-,18?/m1/s1. The van der Waals surface area contributed by atoms with E-state index >= 15 is 0 Å². The minimum absolute atomic E-state index is 0.00292. The number of hydrogen-bond donors (Lipinski definition) is 1. The fraction of sp³-hybridized carbons (Fsp3) is 0.474. The van der Waals surface area contributed by atoms with Gasteiger partial charge >= 0.3 is 0 Å². The Morgan fingerprint density at radius 1 is 1.42 bits per heavy atom. The van der Waals surface area contributed by atoms with Crippen LogP contribution in [0.25, 0.3) is 11.1 Å². The third-order valence-electron chi connectivity index (χ3n) is 4.98. The first-order valence-electron chi connectivity index (χ1n) is 8.52. The third-order valence-corrected chi connectivity index (χ3v) is 4.98. The van der Waals surface area contributed by atoms with Crippen LogP contribution in [-0.4, -0.2) is 44.9 Å². The Bertz CT molecular complexity index is 738. The number of aromatic nitrogens is 2. The van der Waals surface area contributed by atoms with E-state index in [2.05, 4.69) is 12.0 Å². The van der Waals surface area contributed by atoms with Crippen LogP contribution in [0.1, 0.15) is 35.7 Å². The van der Waals surface area contributed by atoms with Crippen molar-refractivity contribution in [1.29, 1.82) is 0 Å². The maximum Gasteiger partial charge on any atom is 0.254 e. The molecule has 24 heavy (non-hydrogen) atoms. The molecule has 0 radical (unpaired) electrons. The van der Waals surface area contributed by atoms with Gasteiger partial charge in [0.15, 0.2) is 0 Å². The molecule has 5 heteroatoms. The van der Waals surface area contributed by atoms with Crippen molar-refractivity contribution in [2.45, 2.75) is 32.7 Å². The number of carbonyl (C=O) groups is 1. The molecule has 0 aliphatic carbocycles. The van der Waals surface area contributed by atoms with Gasteiger partial charge in [-0.1, -0.05) is 24.6 Å². The molecule has 1 aliphatic heterocycles. The quantitative estimate of drug-likeness (QED) is 0.943. The minimum atomic E-state index is -0.103. The van der Waals surface area contributed by atoms with Crippen molar-refractivity contribution >= 4 is 5.91 Å². The summed E-state index contributed by atoms with van der Waals surface area (Å²) >= 11 is 0. The van der Waals surface area contributed by atoms with E-state index in [9.17, 15) is 9.90 Å². The Morgan fingerprint density at radius 3 is 2.88 bits per heavy atom. The molecule has 1 aromatic carbocycles. The van der Waals surface area contributed by atoms with Crippen molar-refractivity contribution < 1.29 is 9.90 Å². The zero-order valence-electron chi connectivity index (χ0n) is 14.6. The molecule has 1 amide bonds. The largest absolute Gasteiger partial charge is 0.394 e. The molecule has 1 saturated heterocycles. The molecule has 1 aromatic heterocycles. The number of aliphatic hydroxyl groups is 1. The lowest BCUT2D eigenvalue weighted by Crippen LogP contribution is -2.49. The summed E-state index contributed by atoms with van der Waals surface area (Å²) in [4.78, 5) is 15.1. The molecular formula is C19H25N3O2. The zero-order chi connectivity index (χ0) is 17.3. The number of aryl methyl sites for hydroxylation is 2. The number of benzene rings is 1. The third kappa shape index (κ3) is 3.08. The van der Waals surface area contributed by atoms with Crippen molar-refractivity contribution in [2.75, 3.05) is 13.2 Å². The van der Waals surface area contributed by atoms with Crippen LogP contribution < -0.4 is 0 Å². The molecule has 0 saturated carbocycles. The second-order valence-corrected chi connectivity index (χ2v) is 6.82. The lowest BCUT2D eigenvalue weighted by atomic mass is 9.90. The van der Waals surface area contributed by atoms with Gasteiger partial charge in [0.2, 0.25) is 0 Å². The van der Waals surface area contributed by atoms with Gasteiger partial charge in [0.25, 0.3) is 5.91 Å². The highest BCUT2D eigenvalue weighted by Gasteiger charge is 2.32. The highest BCUT2D eigenvalue weighted by molar-refractivity contribution is 6.01. The molecule has 0 spiro atoms. The van der Waals surface area contributed by atoms with Crippen LogP contribution in [0.2, 0.25) is 0 Å². The Morgan fingerprint density at radius 2 is 2.21 bits per heavy atom. The van der Waals surface area contributed by atoms with E-state index in [1.54, 1.807) is 10.9 Å². The van der Waals surface area contributed by atoms with E-state index in [1.165, 1.54) is 0 Å². The summed E-state index contributed by atoms with van der Waals surface area (Å²) in [5.41, 5.74) is 3.58. The smallest absolute Gasteiger partial charge is 0.254 e. The van der Waals surface area contributed by atoms with Crippen molar-refractivity contribution in [1.82, 2.24) is 14.7 Å². The summed E-state index contributed by atoms with van der Waals surface area (Å²) < 4.78 is 1.74. The Labute approximate surface area is 142 Å². The summed E-state index contributed by atoms with van der Waals surface area (Å²) in [5.74, 6) is 0.322. The monoisotopic (exact) mass is 327 g/mol. The van der Waals surface area contributed by atoms with E-state index in [4.69, 9.17) is 0 Å². The molecule has 5 nitrogen and oxygen atoms in total. The fourth-order valence-electron chi connectivity index (χ4n) is 3.58. The summed E-state index contributed by atoms with van der Waals surface area (Å²) in [6.45, 7) is 4.82. The van der Waals surface area contributed by atoms with Crippen molar-refractivity contribution in [3.8, 4) is 11.1 Å². The van der Waals surface area contributed by atoms with E-state index < -0.39 is 0 Å². The summed E-state index contributed by atoms with van der Waals surface area (Å²) in [6.07, 6.45) is 5.74. The number of nitrogens with zero attached hydrogens (tertiary/aromatic N) is 3. The molecule has 1 aliphatic rings. The van der Waals surface area contributed by atoms with Crippen LogP contribution in [0.15, 0.2) is 30.6 Å². The van der Waals surface area contributed by atoms with Gasteiger partial charge in [0, 0.05) is 30.9 Å². The number of aliphatic hydroxyl groups excluding tert-OH is 1. The molecule has 2 heterocycles. The Kier molecular flexibility index (Phi) is 4.71. The van der Waals surface area contributed by atoms with Gasteiger partial charge in [0.05, 0.1) is 18.8 Å². The predicted octanol–water partition coefficient (Wildman–Crippen LogP) is 2.63. The Balaban J connectivity index is 2.01. The molecule has 2 aromatic rings. The van der Waals surface area contributed by atoms with Crippen molar-refractivity contribution in [3.63, 3.8) is 0 Å². The number of likely N-dealkylation sites (tertiary alicyclic amines) is 1. The predicted molar refractivity (Wildman–Crippen MR) is 93.7 cm³/mol. The first-order valence-corrected chi connectivity index (χ1v) is 8.52. The number of carbonyl (C=O) groups excluding carboxylic acids is 1. The van der Waals surface area contributed by atoms with Crippen LogP contribution in [0.5, 0.6) is 0 Å². The second kappa shape index (κ2) is 6.77. The van der Waals surface area contributed by atoms with Crippen molar-refractivity contribution in [3.05, 3.63) is 41.7 Å². The maximum atomic E-state index is 13.3. The summed E-state index contributed by atoms with van der Waals surface area (Å²) in [6, 6.07) is 5.84. The first kappa shape index (κ1) is 16.7. The molecular weight excluding hydrogens is 302 g/mol. The fourth-order valence-corrected chi connectivity index (χ4v) is 3.58. The number of amides is 1. The van der Waals surface area contributed by atoms with Gasteiger partial charge < -0.3 is 10.0 Å². The van der Waals surface area contributed by atoms with Crippen LogP contribution >= 0.6 is 0 Å². The number of rotatable bonds is 3. The van der Waals surface area contributed by atoms with Crippen LogP contribution in [0.3, 0.4) is 0 Å². The van der Waals surface area contributed by atoms with Crippen LogP contribution in [-0.2, 0) is 7.05 Å². The average molecular weight is 327 g/mol. The molecule has 1 N–H and O–H groups in total. The van der Waals surface area contributed by atoms with Gasteiger partial charge in [-0.15, -0.1) is 0 Å². The first-order chi connectivity index (χ1) is 11.5.